The van der Waals surface area contributed by atoms with Crippen molar-refractivity contribution in [2.24, 2.45) is 18.9 Å². The molecule has 2 aliphatic rings. The number of anilines is 1. The van der Waals surface area contributed by atoms with Crippen molar-refractivity contribution in [3.8, 4) is 0 Å². The van der Waals surface area contributed by atoms with E-state index in [0.29, 0.717) is 18.9 Å². The number of hydrogen-bond acceptors (Lipinski definition) is 5. The van der Waals surface area contributed by atoms with E-state index in [4.69, 9.17) is 0 Å². The smallest absolute Gasteiger partial charge is 0.229 e. The van der Waals surface area contributed by atoms with Crippen molar-refractivity contribution in [2.75, 3.05) is 18.4 Å². The summed E-state index contributed by atoms with van der Waals surface area (Å²) in [6.45, 7) is 1.36. The first kappa shape index (κ1) is 17.1. The van der Waals surface area contributed by atoms with Crippen LogP contribution < -0.4 is 5.32 Å². The van der Waals surface area contributed by atoms with Crippen LogP contribution in [-0.2, 0) is 16.6 Å². The second kappa shape index (κ2) is 7.11. The molecule has 0 bridgehead atoms. The molecule has 1 aliphatic carbocycles. The van der Waals surface area contributed by atoms with Crippen molar-refractivity contribution >= 4 is 29.3 Å². The molecule has 2 fully saturated rings. The average molecular weight is 371 g/mol. The van der Waals surface area contributed by atoms with E-state index in [1.165, 1.54) is 24.6 Å². The molecule has 0 radical (unpaired) electrons. The maximum absolute atomic E-state index is 12.5. The summed E-state index contributed by atoms with van der Waals surface area (Å²) in [6.07, 6.45) is 4.39. The molecule has 7 nitrogen and oxygen atoms in total. The number of amides is 2. The lowest BCUT2D eigenvalue weighted by molar-refractivity contribution is -0.128. The van der Waals surface area contributed by atoms with Gasteiger partial charge in [-0.2, -0.15) is 0 Å². The minimum atomic E-state index is -0.256. The first-order chi connectivity index (χ1) is 12.6. The maximum Gasteiger partial charge on any atom is 0.229 e. The Hall–Kier alpha value is -2.35. The van der Waals surface area contributed by atoms with Crippen LogP contribution in [0.5, 0.6) is 0 Å². The monoisotopic (exact) mass is 371 g/mol. The van der Waals surface area contributed by atoms with Crippen LogP contribution in [0, 0.1) is 11.8 Å². The first-order valence-electron chi connectivity index (χ1n) is 8.79. The molecular weight excluding hydrogens is 350 g/mol. The Morgan fingerprint density at radius 3 is 2.73 bits per heavy atom. The molecule has 26 heavy (non-hydrogen) atoms. The molecule has 4 rings (SSSR count). The fraction of sp³-hybridized carbons (Fsp3) is 0.444. The normalized spacial score (nSPS) is 19.8. The fourth-order valence-electron chi connectivity index (χ4n) is 3.06. The van der Waals surface area contributed by atoms with Gasteiger partial charge in [0.15, 0.2) is 5.16 Å². The molecule has 2 aromatic rings. The maximum atomic E-state index is 12.5. The van der Waals surface area contributed by atoms with Gasteiger partial charge in [-0.25, -0.2) is 0 Å². The summed E-state index contributed by atoms with van der Waals surface area (Å²) in [6, 6.07) is 7.62. The third kappa shape index (κ3) is 3.90. The van der Waals surface area contributed by atoms with E-state index in [0.717, 1.165) is 22.3 Å². The number of carbonyl (C=O) groups excluding carboxylic acids is 2. The van der Waals surface area contributed by atoms with Crippen molar-refractivity contribution in [3.05, 3.63) is 30.6 Å². The van der Waals surface area contributed by atoms with Gasteiger partial charge in [-0.1, -0.05) is 0 Å². The first-order valence-corrected chi connectivity index (χ1v) is 9.60. The van der Waals surface area contributed by atoms with E-state index in [2.05, 4.69) is 15.5 Å². The fourth-order valence-corrected chi connectivity index (χ4v) is 3.82. The summed E-state index contributed by atoms with van der Waals surface area (Å²) in [5.74, 6) is 0.423. The lowest BCUT2D eigenvalue weighted by Crippen LogP contribution is -2.29. The molecule has 1 unspecified atom stereocenters. The predicted octanol–water partition coefficient (Wildman–Crippen LogP) is 2.16. The molecule has 1 saturated heterocycles. The minimum Gasteiger partial charge on any atom is -0.342 e. The van der Waals surface area contributed by atoms with E-state index in [1.807, 2.05) is 40.8 Å². The molecule has 1 aromatic carbocycles. The highest BCUT2D eigenvalue weighted by molar-refractivity contribution is 7.99. The summed E-state index contributed by atoms with van der Waals surface area (Å²) >= 11 is 1.51. The Bertz CT molecular complexity index is 815. The number of benzene rings is 1. The Labute approximate surface area is 156 Å². The molecule has 136 valence electrons. The van der Waals surface area contributed by atoms with Gasteiger partial charge >= 0.3 is 0 Å². The van der Waals surface area contributed by atoms with E-state index in [9.17, 15) is 9.59 Å². The van der Waals surface area contributed by atoms with Gasteiger partial charge < -0.3 is 14.8 Å². The van der Waals surface area contributed by atoms with E-state index >= 15 is 0 Å². The van der Waals surface area contributed by atoms with Gasteiger partial charge in [-0.05, 0) is 54.8 Å². The summed E-state index contributed by atoms with van der Waals surface area (Å²) in [4.78, 5) is 27.4. The van der Waals surface area contributed by atoms with Crippen LogP contribution in [0.25, 0.3) is 0 Å². The van der Waals surface area contributed by atoms with Crippen LogP contribution in [0.1, 0.15) is 19.3 Å². The molecule has 0 spiro atoms. The van der Waals surface area contributed by atoms with E-state index < -0.39 is 0 Å². The largest absolute Gasteiger partial charge is 0.342 e. The highest BCUT2D eigenvalue weighted by Crippen LogP contribution is 2.32. The average Bonchev–Trinajstić information content (AvgIpc) is 3.24. The molecule has 2 heterocycles. The van der Waals surface area contributed by atoms with Crippen LogP contribution in [0.2, 0.25) is 0 Å². The third-order valence-corrected chi connectivity index (χ3v) is 5.82. The van der Waals surface area contributed by atoms with Gasteiger partial charge in [0.25, 0.3) is 0 Å². The van der Waals surface area contributed by atoms with Crippen LogP contribution in [0.15, 0.2) is 40.6 Å². The molecule has 1 saturated carbocycles. The van der Waals surface area contributed by atoms with Crippen LogP contribution >= 0.6 is 11.8 Å². The molecule has 8 heteroatoms. The van der Waals surface area contributed by atoms with Gasteiger partial charge in [-0.3, -0.25) is 9.59 Å². The summed E-state index contributed by atoms with van der Waals surface area (Å²) in [7, 11) is 1.90. The Balaban J connectivity index is 1.33. The van der Waals surface area contributed by atoms with Gasteiger partial charge in [0.05, 0.1) is 5.92 Å². The predicted molar refractivity (Wildman–Crippen MR) is 97.6 cm³/mol. The summed E-state index contributed by atoms with van der Waals surface area (Å²) in [5, 5.41) is 11.6. The van der Waals surface area contributed by atoms with Crippen LogP contribution in [0.4, 0.5) is 5.69 Å². The lowest BCUT2D eigenvalue weighted by atomic mass is 10.1. The van der Waals surface area contributed by atoms with Gasteiger partial charge in [0, 0.05) is 37.1 Å². The molecular formula is C18H21N5O2S. The Morgan fingerprint density at radius 2 is 2.08 bits per heavy atom. The van der Waals surface area contributed by atoms with Gasteiger partial charge in [0.1, 0.15) is 6.33 Å². The SMILES string of the molecule is Cn1cnnc1Sc1ccc(NC(=O)C2CC(=O)N(CC3CC3)C2)cc1. The second-order valence-corrected chi connectivity index (χ2v) is 8.02. The van der Waals surface area contributed by atoms with Crippen molar-refractivity contribution in [1.29, 1.82) is 0 Å². The van der Waals surface area contributed by atoms with Crippen LogP contribution in [-0.4, -0.2) is 44.6 Å². The second-order valence-electron chi connectivity index (χ2n) is 6.98. The number of aromatic nitrogens is 3. The zero-order valence-electron chi connectivity index (χ0n) is 14.6. The highest BCUT2D eigenvalue weighted by atomic mass is 32.2. The number of aryl methyl sites for hydroxylation is 1. The zero-order chi connectivity index (χ0) is 18.1. The lowest BCUT2D eigenvalue weighted by Gasteiger charge is -2.16. The quantitative estimate of drug-likeness (QED) is 0.842. The molecule has 1 aromatic heterocycles. The van der Waals surface area contributed by atoms with Crippen LogP contribution in [0.3, 0.4) is 0 Å². The molecule has 2 amide bonds. The number of rotatable bonds is 6. The number of nitrogens with zero attached hydrogens (tertiary/aromatic N) is 4. The van der Waals surface area contributed by atoms with Gasteiger partial charge in [-0.15, -0.1) is 10.2 Å². The number of hydrogen-bond donors (Lipinski definition) is 1. The van der Waals surface area contributed by atoms with Crippen molar-refractivity contribution < 1.29 is 9.59 Å². The van der Waals surface area contributed by atoms with E-state index in [1.54, 1.807) is 6.33 Å². The van der Waals surface area contributed by atoms with Gasteiger partial charge in [0.2, 0.25) is 11.8 Å². The molecule has 1 aliphatic heterocycles. The topological polar surface area (TPSA) is 80.1 Å². The Morgan fingerprint density at radius 1 is 1.31 bits per heavy atom. The number of carbonyl (C=O) groups is 2. The third-order valence-electron chi connectivity index (χ3n) is 4.76. The minimum absolute atomic E-state index is 0.0784. The van der Waals surface area contributed by atoms with Crippen molar-refractivity contribution in [3.63, 3.8) is 0 Å². The molecule has 1 atom stereocenters. The standard InChI is InChI=1S/C18H21N5O2S/c1-22-11-19-21-18(22)26-15-6-4-14(5-7-15)20-17(25)13-8-16(24)23(10-13)9-12-2-3-12/h4-7,11-13H,2-3,8-10H2,1H3,(H,20,25). The Kier molecular flexibility index (Phi) is 4.67. The summed E-state index contributed by atoms with van der Waals surface area (Å²) < 4.78 is 1.85. The summed E-state index contributed by atoms with van der Waals surface area (Å²) in [5.41, 5.74) is 0.741. The highest BCUT2D eigenvalue weighted by Gasteiger charge is 2.37. The number of nitrogens with one attached hydrogen (secondary N) is 1. The van der Waals surface area contributed by atoms with Crippen molar-refractivity contribution in [1.82, 2.24) is 19.7 Å². The van der Waals surface area contributed by atoms with E-state index in [-0.39, 0.29) is 17.7 Å². The number of likely N-dealkylation sites (tertiary alicyclic amines) is 1. The molecule has 1 N–H and O–H groups in total. The van der Waals surface area contributed by atoms with Crippen molar-refractivity contribution in [2.45, 2.75) is 29.3 Å². The zero-order valence-corrected chi connectivity index (χ0v) is 15.4.